The lowest BCUT2D eigenvalue weighted by atomic mass is 10.0. The molecule has 3 rings (SSSR count). The molecule has 2 aliphatic rings. The van der Waals surface area contributed by atoms with Gasteiger partial charge >= 0.3 is 0 Å². The Balaban J connectivity index is 0.00000300. The number of nitrogens with one attached hydrogen (secondary N) is 2. The second-order valence-electron chi connectivity index (χ2n) is 8.36. The monoisotopic (exact) mass is 518 g/mol. The van der Waals surface area contributed by atoms with E-state index in [2.05, 4.69) is 39.4 Å². The van der Waals surface area contributed by atoms with Gasteiger partial charge in [0.15, 0.2) is 17.6 Å². The van der Waals surface area contributed by atoms with Crippen LogP contribution in [0, 0.1) is 11.7 Å². The molecule has 6 nitrogen and oxygen atoms in total. The quantitative estimate of drug-likeness (QED) is 0.330. The summed E-state index contributed by atoms with van der Waals surface area (Å²) in [4.78, 5) is 13.2. The molecule has 29 heavy (non-hydrogen) atoms. The van der Waals surface area contributed by atoms with Crippen molar-refractivity contribution >= 4 is 35.8 Å². The summed E-state index contributed by atoms with van der Waals surface area (Å²) in [5.74, 6) is 1.70. The summed E-state index contributed by atoms with van der Waals surface area (Å²) in [7, 11) is 1.81. The predicted molar refractivity (Wildman–Crippen MR) is 129 cm³/mol. The molecule has 8 heteroatoms. The van der Waals surface area contributed by atoms with Gasteiger partial charge in [-0.15, -0.1) is 24.0 Å². The topological polar surface area (TPSA) is 55.8 Å². The minimum absolute atomic E-state index is 0. The highest BCUT2D eigenvalue weighted by atomic mass is 127. The van der Waals surface area contributed by atoms with Gasteiger partial charge in [-0.2, -0.15) is 0 Å². The van der Waals surface area contributed by atoms with E-state index in [0.717, 1.165) is 32.0 Å². The number of anilines is 1. The third-order valence-corrected chi connectivity index (χ3v) is 5.70. The average Bonchev–Trinajstić information content (AvgIpc) is 3.36. The second-order valence-corrected chi connectivity index (χ2v) is 8.36. The molecule has 2 aliphatic heterocycles. The molecule has 2 atom stereocenters. The number of rotatable bonds is 7. The van der Waals surface area contributed by atoms with Gasteiger partial charge in [-0.25, -0.2) is 9.37 Å². The van der Waals surface area contributed by atoms with Crippen LogP contribution < -0.4 is 15.5 Å². The summed E-state index contributed by atoms with van der Waals surface area (Å²) < 4.78 is 14.0. The fourth-order valence-corrected chi connectivity index (χ4v) is 4.30. The maximum absolute atomic E-state index is 14.0. The maximum atomic E-state index is 14.0. The van der Waals surface area contributed by atoms with Crippen molar-refractivity contribution in [2.45, 2.75) is 51.6 Å². The Kier molecular flexibility index (Phi) is 9.88. The maximum Gasteiger partial charge on any atom is 0.191 e. The first-order valence-electron chi connectivity index (χ1n) is 10.6. The summed E-state index contributed by atoms with van der Waals surface area (Å²) in [6, 6.07) is 3.88. The van der Waals surface area contributed by atoms with E-state index in [1.165, 1.54) is 38.4 Å². The number of halogens is 2. The van der Waals surface area contributed by atoms with E-state index in [0.29, 0.717) is 17.8 Å². The van der Waals surface area contributed by atoms with Crippen LogP contribution in [0.25, 0.3) is 0 Å². The summed E-state index contributed by atoms with van der Waals surface area (Å²) in [5.41, 5.74) is 0. The van der Waals surface area contributed by atoms with E-state index in [1.54, 1.807) is 12.3 Å². The summed E-state index contributed by atoms with van der Waals surface area (Å²) in [6.45, 7) is 9.43. The second kappa shape index (κ2) is 11.9. The SMILES string of the molecule is CN=C(NCC(CC(C)C)N1CCCC1)NC1CCN(c2ncccc2F)C1.I. The molecule has 0 bridgehead atoms. The van der Waals surface area contributed by atoms with E-state index < -0.39 is 0 Å². The van der Waals surface area contributed by atoms with E-state index in [1.807, 2.05) is 11.9 Å². The standard InChI is InChI=1S/C21H35FN6.HI/c1-16(2)13-18(27-10-4-5-11-27)14-25-21(23-3)26-17-8-12-28(15-17)20-19(22)7-6-9-24-20;/h6-7,9,16-18H,4-5,8,10-15H2,1-3H3,(H2,23,25,26);1H. The molecule has 2 unspecified atom stereocenters. The number of likely N-dealkylation sites (tertiary alicyclic amines) is 1. The van der Waals surface area contributed by atoms with E-state index in [9.17, 15) is 4.39 Å². The molecule has 0 amide bonds. The lowest BCUT2D eigenvalue weighted by Crippen LogP contribution is -2.49. The highest BCUT2D eigenvalue weighted by Gasteiger charge is 2.27. The van der Waals surface area contributed by atoms with Crippen LogP contribution in [0.4, 0.5) is 10.2 Å². The van der Waals surface area contributed by atoms with Gasteiger partial charge in [0, 0.05) is 45.0 Å². The van der Waals surface area contributed by atoms with Crippen LogP contribution in [0.5, 0.6) is 0 Å². The van der Waals surface area contributed by atoms with Gasteiger partial charge in [-0.3, -0.25) is 9.89 Å². The molecule has 0 radical (unpaired) electrons. The first-order chi connectivity index (χ1) is 13.6. The van der Waals surface area contributed by atoms with Gasteiger partial charge in [0.2, 0.25) is 0 Å². The molecule has 164 valence electrons. The normalized spacial score (nSPS) is 21.3. The molecule has 2 fully saturated rings. The minimum Gasteiger partial charge on any atom is -0.355 e. The van der Waals surface area contributed by atoms with Gasteiger partial charge in [0.05, 0.1) is 0 Å². The van der Waals surface area contributed by atoms with Crippen molar-refractivity contribution in [3.05, 3.63) is 24.1 Å². The Morgan fingerprint density at radius 1 is 1.31 bits per heavy atom. The Labute approximate surface area is 191 Å². The van der Waals surface area contributed by atoms with Gasteiger partial charge in [0.25, 0.3) is 0 Å². The van der Waals surface area contributed by atoms with Crippen molar-refractivity contribution < 1.29 is 4.39 Å². The zero-order valence-corrected chi connectivity index (χ0v) is 20.2. The number of nitrogens with zero attached hydrogens (tertiary/aromatic N) is 4. The third-order valence-electron chi connectivity index (χ3n) is 5.70. The van der Waals surface area contributed by atoms with Crippen LogP contribution in [0.2, 0.25) is 0 Å². The van der Waals surface area contributed by atoms with Gasteiger partial charge in [-0.1, -0.05) is 13.8 Å². The summed E-state index contributed by atoms with van der Waals surface area (Å²) in [6.07, 6.45) is 6.40. The molecular formula is C21H36FIN6. The fraction of sp³-hybridized carbons (Fsp3) is 0.714. The molecule has 0 spiro atoms. The molecule has 0 aliphatic carbocycles. The van der Waals surface area contributed by atoms with Crippen molar-refractivity contribution in [3.8, 4) is 0 Å². The van der Waals surface area contributed by atoms with Crippen LogP contribution in [-0.2, 0) is 0 Å². The van der Waals surface area contributed by atoms with Crippen molar-refractivity contribution in [3.63, 3.8) is 0 Å². The van der Waals surface area contributed by atoms with Gasteiger partial charge < -0.3 is 15.5 Å². The Bertz CT molecular complexity index is 650. The van der Waals surface area contributed by atoms with Crippen molar-refractivity contribution in [2.75, 3.05) is 44.7 Å². The Morgan fingerprint density at radius 2 is 2.07 bits per heavy atom. The molecular weight excluding hydrogens is 482 g/mol. The van der Waals surface area contributed by atoms with Crippen LogP contribution in [-0.4, -0.2) is 67.7 Å². The number of hydrogen-bond donors (Lipinski definition) is 2. The zero-order valence-electron chi connectivity index (χ0n) is 17.9. The molecule has 0 aromatic carbocycles. The van der Waals surface area contributed by atoms with Gasteiger partial charge in [-0.05, 0) is 56.8 Å². The number of aromatic nitrogens is 1. The Morgan fingerprint density at radius 3 is 2.72 bits per heavy atom. The van der Waals surface area contributed by atoms with Crippen LogP contribution in [0.1, 0.15) is 39.5 Å². The molecule has 0 saturated carbocycles. The van der Waals surface area contributed by atoms with Crippen LogP contribution in [0.3, 0.4) is 0 Å². The molecule has 1 aromatic rings. The summed E-state index contributed by atoms with van der Waals surface area (Å²) in [5, 5.41) is 7.05. The first-order valence-corrected chi connectivity index (χ1v) is 10.6. The molecule has 1 aromatic heterocycles. The van der Waals surface area contributed by atoms with E-state index in [-0.39, 0.29) is 35.8 Å². The number of aliphatic imine (C=N–C) groups is 1. The Hall–Kier alpha value is -1.16. The lowest BCUT2D eigenvalue weighted by molar-refractivity contribution is 0.212. The van der Waals surface area contributed by atoms with Crippen LogP contribution >= 0.6 is 24.0 Å². The smallest absolute Gasteiger partial charge is 0.191 e. The largest absolute Gasteiger partial charge is 0.355 e. The number of hydrogen-bond acceptors (Lipinski definition) is 4. The van der Waals surface area contributed by atoms with Gasteiger partial charge in [0.1, 0.15) is 0 Å². The number of pyridine rings is 1. The zero-order chi connectivity index (χ0) is 19.9. The predicted octanol–water partition coefficient (Wildman–Crippen LogP) is 3.09. The molecule has 2 N–H and O–H groups in total. The van der Waals surface area contributed by atoms with E-state index in [4.69, 9.17) is 0 Å². The highest BCUT2D eigenvalue weighted by Crippen LogP contribution is 2.21. The first kappa shape index (κ1) is 24.1. The minimum atomic E-state index is -0.257. The molecule has 2 saturated heterocycles. The van der Waals surface area contributed by atoms with E-state index >= 15 is 0 Å². The fourth-order valence-electron chi connectivity index (χ4n) is 4.30. The highest BCUT2D eigenvalue weighted by molar-refractivity contribution is 14.0. The van der Waals surface area contributed by atoms with Crippen molar-refractivity contribution in [1.29, 1.82) is 0 Å². The third kappa shape index (κ3) is 6.94. The lowest BCUT2D eigenvalue weighted by Gasteiger charge is -2.30. The summed E-state index contributed by atoms with van der Waals surface area (Å²) >= 11 is 0. The molecule has 3 heterocycles. The van der Waals surface area contributed by atoms with Crippen molar-refractivity contribution in [1.82, 2.24) is 20.5 Å². The number of guanidine groups is 1. The van der Waals surface area contributed by atoms with Crippen molar-refractivity contribution in [2.24, 2.45) is 10.9 Å². The average molecular weight is 518 g/mol. The van der Waals surface area contributed by atoms with Crippen LogP contribution in [0.15, 0.2) is 23.3 Å².